The van der Waals surface area contributed by atoms with Crippen LogP contribution in [-0.4, -0.2) is 11.7 Å². The number of carbonyl (C=O) groups excluding carboxylic acids is 1. The third kappa shape index (κ3) is 4.41. The standard InChI is InChI=1S/C18H12F5NO/c19-17(20,16(25)13-4-2-1-3-5-13)10-14(11-24)12-6-8-15(9-7-12)18(21,22)23/h1-9,14H,10H2/t14-/m1/s1. The van der Waals surface area contributed by atoms with Crippen molar-refractivity contribution in [1.82, 2.24) is 0 Å². The van der Waals surface area contributed by atoms with Crippen molar-refractivity contribution < 1.29 is 26.7 Å². The lowest BCUT2D eigenvalue weighted by Gasteiger charge is -2.19. The van der Waals surface area contributed by atoms with E-state index >= 15 is 0 Å². The molecule has 0 heterocycles. The molecule has 0 aromatic heterocycles. The van der Waals surface area contributed by atoms with Gasteiger partial charge >= 0.3 is 12.1 Å². The molecule has 2 aromatic carbocycles. The van der Waals surface area contributed by atoms with Crippen molar-refractivity contribution in [2.24, 2.45) is 0 Å². The number of hydrogen-bond acceptors (Lipinski definition) is 2. The molecule has 130 valence electrons. The summed E-state index contributed by atoms with van der Waals surface area (Å²) in [6.07, 6.45) is -5.67. The molecule has 2 rings (SSSR count). The second-order valence-electron chi connectivity index (χ2n) is 5.41. The van der Waals surface area contributed by atoms with Crippen molar-refractivity contribution in [2.45, 2.75) is 24.4 Å². The summed E-state index contributed by atoms with van der Waals surface area (Å²) in [6.45, 7) is 0. The molecule has 2 aromatic rings. The molecule has 0 fully saturated rings. The van der Waals surface area contributed by atoms with E-state index in [0.29, 0.717) is 0 Å². The highest BCUT2D eigenvalue weighted by atomic mass is 19.4. The Bertz CT molecular complexity index is 776. The van der Waals surface area contributed by atoms with Crippen LogP contribution in [0.5, 0.6) is 0 Å². The molecule has 0 saturated heterocycles. The number of nitrogens with zero attached hydrogens (tertiary/aromatic N) is 1. The number of halogens is 5. The fourth-order valence-electron chi connectivity index (χ4n) is 2.29. The van der Waals surface area contributed by atoms with Crippen molar-refractivity contribution in [1.29, 1.82) is 5.26 Å². The minimum Gasteiger partial charge on any atom is -0.287 e. The maximum absolute atomic E-state index is 14.2. The summed E-state index contributed by atoms with van der Waals surface area (Å²) in [5, 5.41) is 9.11. The second-order valence-corrected chi connectivity index (χ2v) is 5.41. The van der Waals surface area contributed by atoms with E-state index < -0.39 is 35.8 Å². The van der Waals surface area contributed by atoms with Gasteiger partial charge in [-0.3, -0.25) is 4.79 Å². The SMILES string of the molecule is N#C[C@@H](CC(F)(F)C(=O)c1ccccc1)c1ccc(C(F)(F)F)cc1. The number of hydrogen-bond donors (Lipinski definition) is 0. The molecule has 7 heteroatoms. The lowest BCUT2D eigenvalue weighted by Crippen LogP contribution is -2.30. The van der Waals surface area contributed by atoms with Crippen LogP contribution in [0.15, 0.2) is 54.6 Å². The Morgan fingerprint density at radius 3 is 2.00 bits per heavy atom. The number of nitriles is 1. The normalized spacial score (nSPS) is 13.1. The average Bonchev–Trinajstić information content (AvgIpc) is 2.59. The van der Waals surface area contributed by atoms with E-state index in [9.17, 15) is 26.7 Å². The summed E-state index contributed by atoms with van der Waals surface area (Å²) in [5.41, 5.74) is -1.15. The predicted octanol–water partition coefficient (Wildman–Crippen LogP) is 5.22. The molecule has 0 unspecified atom stereocenters. The Balaban J connectivity index is 2.21. The number of ketones is 1. The van der Waals surface area contributed by atoms with Crippen LogP contribution in [0.3, 0.4) is 0 Å². The zero-order valence-corrected chi connectivity index (χ0v) is 12.7. The molecule has 0 spiro atoms. The van der Waals surface area contributed by atoms with Gasteiger partial charge in [0, 0.05) is 12.0 Å². The maximum atomic E-state index is 14.2. The van der Waals surface area contributed by atoms with Gasteiger partial charge in [0.2, 0.25) is 5.78 Å². The van der Waals surface area contributed by atoms with Crippen LogP contribution >= 0.6 is 0 Å². The van der Waals surface area contributed by atoms with E-state index in [1.54, 1.807) is 12.1 Å². The molecule has 2 nitrogen and oxygen atoms in total. The average molecular weight is 353 g/mol. The fraction of sp³-hybridized carbons (Fsp3) is 0.222. The predicted molar refractivity (Wildman–Crippen MR) is 80.1 cm³/mol. The first-order valence-corrected chi connectivity index (χ1v) is 7.19. The van der Waals surface area contributed by atoms with Gasteiger partial charge in [-0.2, -0.15) is 27.2 Å². The van der Waals surface area contributed by atoms with Crippen molar-refractivity contribution in [2.75, 3.05) is 0 Å². The molecule has 0 aliphatic rings. The number of benzene rings is 2. The maximum Gasteiger partial charge on any atom is 0.416 e. The van der Waals surface area contributed by atoms with E-state index in [4.69, 9.17) is 5.26 Å². The quantitative estimate of drug-likeness (QED) is 0.546. The number of Topliss-reactive ketones (excluding diaryl/α,β-unsaturated/α-hetero) is 1. The summed E-state index contributed by atoms with van der Waals surface area (Å²) in [4.78, 5) is 11.9. The van der Waals surface area contributed by atoms with Crippen LogP contribution in [0.25, 0.3) is 0 Å². The third-order valence-corrected chi connectivity index (χ3v) is 3.62. The highest BCUT2D eigenvalue weighted by Crippen LogP contribution is 2.34. The summed E-state index contributed by atoms with van der Waals surface area (Å²) >= 11 is 0. The molecule has 1 atom stereocenters. The monoisotopic (exact) mass is 353 g/mol. The molecular formula is C18H12F5NO. The highest BCUT2D eigenvalue weighted by molar-refractivity contribution is 6.01. The lowest BCUT2D eigenvalue weighted by molar-refractivity contribution is -0.137. The van der Waals surface area contributed by atoms with Gasteiger partial charge in [0.25, 0.3) is 0 Å². The van der Waals surface area contributed by atoms with E-state index in [0.717, 1.165) is 24.3 Å². The van der Waals surface area contributed by atoms with Crippen LogP contribution in [0, 0.1) is 11.3 Å². The minimum absolute atomic E-state index is 0.00367. The molecule has 25 heavy (non-hydrogen) atoms. The molecule has 0 radical (unpaired) electrons. The van der Waals surface area contributed by atoms with Crippen LogP contribution in [0.2, 0.25) is 0 Å². The van der Waals surface area contributed by atoms with Gasteiger partial charge in [-0.25, -0.2) is 0 Å². The number of rotatable bonds is 5. The van der Waals surface area contributed by atoms with Crippen molar-refractivity contribution in [3.05, 3.63) is 71.3 Å². The van der Waals surface area contributed by atoms with E-state index in [2.05, 4.69) is 0 Å². The van der Waals surface area contributed by atoms with Gasteiger partial charge in [-0.1, -0.05) is 42.5 Å². The van der Waals surface area contributed by atoms with E-state index in [1.165, 1.54) is 24.3 Å². The van der Waals surface area contributed by atoms with Gasteiger partial charge in [-0.15, -0.1) is 0 Å². The Morgan fingerprint density at radius 1 is 0.960 bits per heavy atom. The molecular weight excluding hydrogens is 341 g/mol. The molecule has 0 aliphatic heterocycles. The van der Waals surface area contributed by atoms with Crippen LogP contribution in [0.4, 0.5) is 22.0 Å². The Hall–Kier alpha value is -2.75. The molecule has 0 aliphatic carbocycles. The van der Waals surface area contributed by atoms with Gasteiger partial charge < -0.3 is 0 Å². The van der Waals surface area contributed by atoms with Crippen LogP contribution in [-0.2, 0) is 6.18 Å². The second kappa shape index (κ2) is 7.01. The lowest BCUT2D eigenvalue weighted by atomic mass is 9.90. The summed E-state index contributed by atoms with van der Waals surface area (Å²) in [6, 6.07) is 11.9. The van der Waals surface area contributed by atoms with Crippen LogP contribution < -0.4 is 0 Å². The topological polar surface area (TPSA) is 40.9 Å². The van der Waals surface area contributed by atoms with E-state index in [1.807, 2.05) is 0 Å². The summed E-state index contributed by atoms with van der Waals surface area (Å²) in [5.74, 6) is -6.66. The van der Waals surface area contributed by atoms with Gasteiger partial charge in [0.1, 0.15) is 0 Å². The largest absolute Gasteiger partial charge is 0.416 e. The first kappa shape index (κ1) is 18.6. The Labute approximate surface area is 140 Å². The summed E-state index contributed by atoms with van der Waals surface area (Å²) in [7, 11) is 0. The van der Waals surface area contributed by atoms with Gasteiger partial charge in [0.05, 0.1) is 17.6 Å². The first-order valence-electron chi connectivity index (χ1n) is 7.19. The third-order valence-electron chi connectivity index (χ3n) is 3.62. The number of carbonyl (C=O) groups is 1. The van der Waals surface area contributed by atoms with E-state index in [-0.39, 0.29) is 11.1 Å². The van der Waals surface area contributed by atoms with Gasteiger partial charge in [-0.05, 0) is 17.7 Å². The fourth-order valence-corrected chi connectivity index (χ4v) is 2.29. The van der Waals surface area contributed by atoms with Crippen molar-refractivity contribution in [3.8, 4) is 6.07 Å². The van der Waals surface area contributed by atoms with Crippen molar-refractivity contribution >= 4 is 5.78 Å². The number of alkyl halides is 5. The zero-order chi connectivity index (χ0) is 18.7. The smallest absolute Gasteiger partial charge is 0.287 e. The first-order chi connectivity index (χ1) is 11.6. The summed E-state index contributed by atoms with van der Waals surface area (Å²) < 4.78 is 66.0. The Morgan fingerprint density at radius 2 is 1.52 bits per heavy atom. The highest BCUT2D eigenvalue weighted by Gasteiger charge is 2.42. The van der Waals surface area contributed by atoms with Crippen molar-refractivity contribution in [3.63, 3.8) is 0 Å². The van der Waals surface area contributed by atoms with Crippen LogP contribution in [0.1, 0.15) is 33.8 Å². The molecule has 0 N–H and O–H groups in total. The molecule has 0 saturated carbocycles. The van der Waals surface area contributed by atoms with Gasteiger partial charge in [0.15, 0.2) is 0 Å². The molecule has 0 bridgehead atoms. The minimum atomic E-state index is -4.56. The molecule has 0 amide bonds. The Kier molecular flexibility index (Phi) is 5.21. The zero-order valence-electron chi connectivity index (χ0n) is 12.7.